The lowest BCUT2D eigenvalue weighted by molar-refractivity contribution is -0.103. The Morgan fingerprint density at radius 3 is 2.42 bits per heavy atom. The fourth-order valence-corrected chi connectivity index (χ4v) is 4.26. The van der Waals surface area contributed by atoms with Crippen LogP contribution in [-0.2, 0) is 0 Å². The molecule has 0 amide bonds. The van der Waals surface area contributed by atoms with Gasteiger partial charge in [0.2, 0.25) is 0 Å². The van der Waals surface area contributed by atoms with Crippen molar-refractivity contribution in [3.8, 4) is 0 Å². The highest BCUT2D eigenvalue weighted by molar-refractivity contribution is 5.14. The molecule has 19 heavy (non-hydrogen) atoms. The average Bonchev–Trinajstić information content (AvgIpc) is 3.16. The fourth-order valence-electron chi connectivity index (χ4n) is 4.26. The minimum Gasteiger partial charge on any atom is -0.393 e. The molecule has 4 N–H and O–H groups in total. The van der Waals surface area contributed by atoms with Gasteiger partial charge in [-0.1, -0.05) is 32.1 Å². The molecule has 3 fully saturated rings. The number of hydrogen-bond donors (Lipinski definition) is 4. The number of hydrogen-bond acceptors (Lipinski definition) is 4. The van der Waals surface area contributed by atoms with E-state index in [2.05, 4.69) is 5.32 Å². The monoisotopic (exact) mass is 269 g/mol. The van der Waals surface area contributed by atoms with Crippen LogP contribution in [0.1, 0.15) is 51.4 Å². The second-order valence-corrected chi connectivity index (χ2v) is 6.93. The number of piperidine rings is 1. The van der Waals surface area contributed by atoms with Gasteiger partial charge in [0.25, 0.3) is 0 Å². The molecule has 4 nitrogen and oxygen atoms in total. The molecule has 3 aliphatic rings. The van der Waals surface area contributed by atoms with Crippen molar-refractivity contribution < 1.29 is 15.3 Å². The lowest BCUT2D eigenvalue weighted by atomic mass is 9.75. The summed E-state index contributed by atoms with van der Waals surface area (Å²) >= 11 is 0. The number of aliphatic hydroxyl groups excluding tert-OH is 3. The normalized spacial score (nSPS) is 40.3. The number of β-amino-alcohol motifs (C(OH)–C–C–N with tert-alkyl or cyclic N) is 1. The van der Waals surface area contributed by atoms with Crippen molar-refractivity contribution in [3.63, 3.8) is 0 Å². The molecule has 0 radical (unpaired) electrons. The van der Waals surface area contributed by atoms with Gasteiger partial charge in [-0.05, 0) is 25.2 Å². The molecule has 4 heteroatoms. The van der Waals surface area contributed by atoms with Gasteiger partial charge in [0.1, 0.15) is 0 Å². The van der Waals surface area contributed by atoms with Gasteiger partial charge in [0.15, 0.2) is 0 Å². The molecule has 0 aromatic heterocycles. The first kappa shape index (κ1) is 13.8. The third-order valence-electron chi connectivity index (χ3n) is 5.57. The molecular formula is C15H27NO3. The Bertz CT molecular complexity index is 313. The van der Waals surface area contributed by atoms with E-state index >= 15 is 0 Å². The minimum absolute atomic E-state index is 0.0905. The quantitative estimate of drug-likeness (QED) is 0.611. The van der Waals surface area contributed by atoms with E-state index in [0.717, 1.165) is 19.3 Å². The lowest BCUT2D eigenvalue weighted by Gasteiger charge is -2.43. The average molecular weight is 269 g/mol. The molecule has 0 aromatic rings. The highest BCUT2D eigenvalue weighted by Crippen LogP contribution is 2.49. The Morgan fingerprint density at radius 1 is 1.11 bits per heavy atom. The van der Waals surface area contributed by atoms with Gasteiger partial charge in [-0.2, -0.15) is 0 Å². The van der Waals surface area contributed by atoms with Crippen LogP contribution in [0.2, 0.25) is 0 Å². The standard InChI is InChI=1S/C15H27NO3/c17-11(8-10-4-2-1-3-5-10)13-14(19)12(18)9-16-15(13)6-7-15/h10-14,16-19H,1-9H2/t11-,12-,13-,14+/m1/s1. The third-order valence-corrected chi connectivity index (χ3v) is 5.57. The molecule has 3 rings (SSSR count). The van der Waals surface area contributed by atoms with Crippen LogP contribution in [0.3, 0.4) is 0 Å². The van der Waals surface area contributed by atoms with Gasteiger partial charge < -0.3 is 20.6 Å². The molecular weight excluding hydrogens is 242 g/mol. The highest BCUT2D eigenvalue weighted by atomic mass is 16.3. The number of rotatable bonds is 3. The largest absolute Gasteiger partial charge is 0.393 e. The Hall–Kier alpha value is -0.160. The van der Waals surface area contributed by atoms with Gasteiger partial charge in [-0.15, -0.1) is 0 Å². The summed E-state index contributed by atoms with van der Waals surface area (Å²) in [6.07, 6.45) is 7.12. The van der Waals surface area contributed by atoms with Crippen LogP contribution in [0.4, 0.5) is 0 Å². The van der Waals surface area contributed by atoms with Gasteiger partial charge >= 0.3 is 0 Å². The van der Waals surface area contributed by atoms with Gasteiger partial charge in [-0.3, -0.25) is 0 Å². The summed E-state index contributed by atoms with van der Waals surface area (Å²) in [4.78, 5) is 0. The summed E-state index contributed by atoms with van der Waals surface area (Å²) in [7, 11) is 0. The van der Waals surface area contributed by atoms with Crippen LogP contribution in [0, 0.1) is 11.8 Å². The number of nitrogens with one attached hydrogen (secondary N) is 1. The van der Waals surface area contributed by atoms with Crippen molar-refractivity contribution in [2.24, 2.45) is 11.8 Å². The van der Waals surface area contributed by atoms with Crippen LogP contribution in [0.15, 0.2) is 0 Å². The maximum Gasteiger partial charge on any atom is 0.0927 e. The first-order valence-corrected chi connectivity index (χ1v) is 7.92. The van der Waals surface area contributed by atoms with E-state index in [-0.39, 0.29) is 11.5 Å². The van der Waals surface area contributed by atoms with Gasteiger partial charge in [0.05, 0.1) is 18.3 Å². The molecule has 1 heterocycles. The van der Waals surface area contributed by atoms with Crippen molar-refractivity contribution in [1.29, 1.82) is 0 Å². The summed E-state index contributed by atoms with van der Waals surface area (Å²) < 4.78 is 0. The lowest BCUT2D eigenvalue weighted by Crippen LogP contribution is -2.61. The Kier molecular flexibility index (Phi) is 3.87. The minimum atomic E-state index is -0.776. The van der Waals surface area contributed by atoms with Crippen LogP contribution >= 0.6 is 0 Å². The van der Waals surface area contributed by atoms with E-state index in [1.165, 1.54) is 32.1 Å². The van der Waals surface area contributed by atoms with Crippen molar-refractivity contribution in [2.45, 2.75) is 75.2 Å². The smallest absolute Gasteiger partial charge is 0.0927 e. The second-order valence-electron chi connectivity index (χ2n) is 6.93. The van der Waals surface area contributed by atoms with Crippen molar-refractivity contribution in [2.75, 3.05) is 6.54 Å². The van der Waals surface area contributed by atoms with Gasteiger partial charge in [0, 0.05) is 18.0 Å². The summed E-state index contributed by atoms with van der Waals surface area (Å²) in [5.74, 6) is 0.406. The van der Waals surface area contributed by atoms with Crippen molar-refractivity contribution in [3.05, 3.63) is 0 Å². The zero-order valence-electron chi connectivity index (χ0n) is 11.6. The van der Waals surface area contributed by atoms with Crippen LogP contribution in [0.25, 0.3) is 0 Å². The molecule has 0 aromatic carbocycles. The summed E-state index contributed by atoms with van der Waals surface area (Å²) in [5, 5.41) is 34.0. The molecule has 4 atom stereocenters. The Morgan fingerprint density at radius 2 is 1.79 bits per heavy atom. The zero-order chi connectivity index (χ0) is 13.5. The summed E-state index contributed by atoms with van der Waals surface area (Å²) in [6, 6.07) is 0. The first-order valence-electron chi connectivity index (χ1n) is 7.92. The SMILES string of the molecule is O[C@@H]1[C@@H]([C@H](O)CC2CCCCC2)C2(CC2)NC[C@H]1O. The maximum absolute atomic E-state index is 10.6. The van der Waals surface area contributed by atoms with Crippen LogP contribution in [-0.4, -0.2) is 45.7 Å². The Labute approximate surface area is 115 Å². The Balaban J connectivity index is 1.64. The maximum atomic E-state index is 10.6. The van der Waals surface area contributed by atoms with E-state index < -0.39 is 18.3 Å². The molecule has 0 unspecified atom stereocenters. The highest BCUT2D eigenvalue weighted by Gasteiger charge is 2.58. The van der Waals surface area contributed by atoms with Crippen LogP contribution < -0.4 is 5.32 Å². The summed E-state index contributed by atoms with van der Waals surface area (Å²) in [6.45, 7) is 0.452. The predicted octanol–water partition coefficient (Wildman–Crippen LogP) is 0.791. The molecule has 110 valence electrons. The molecule has 2 aliphatic carbocycles. The predicted molar refractivity (Wildman–Crippen MR) is 72.7 cm³/mol. The molecule has 0 bridgehead atoms. The third kappa shape index (κ3) is 2.68. The van der Waals surface area contributed by atoms with Crippen LogP contribution in [0.5, 0.6) is 0 Å². The first-order chi connectivity index (χ1) is 9.12. The molecule has 2 saturated carbocycles. The molecule has 1 aliphatic heterocycles. The van der Waals surface area contributed by atoms with Crippen molar-refractivity contribution >= 4 is 0 Å². The second kappa shape index (κ2) is 5.32. The van der Waals surface area contributed by atoms with E-state index in [1.54, 1.807) is 0 Å². The zero-order valence-corrected chi connectivity index (χ0v) is 11.6. The van der Waals surface area contributed by atoms with E-state index in [0.29, 0.717) is 12.5 Å². The van der Waals surface area contributed by atoms with E-state index in [9.17, 15) is 15.3 Å². The van der Waals surface area contributed by atoms with Crippen molar-refractivity contribution in [1.82, 2.24) is 5.32 Å². The van der Waals surface area contributed by atoms with E-state index in [4.69, 9.17) is 0 Å². The summed E-state index contributed by atoms with van der Waals surface area (Å²) in [5.41, 5.74) is -0.0905. The van der Waals surface area contributed by atoms with E-state index in [1.807, 2.05) is 0 Å². The number of aliphatic hydroxyl groups is 3. The topological polar surface area (TPSA) is 72.7 Å². The molecule has 1 saturated heterocycles. The fraction of sp³-hybridized carbons (Fsp3) is 1.00. The van der Waals surface area contributed by atoms with Gasteiger partial charge in [-0.25, -0.2) is 0 Å². The molecule has 1 spiro atoms.